The molecule has 0 unspecified atom stereocenters. The number of rotatable bonds is 5. The summed E-state index contributed by atoms with van der Waals surface area (Å²) in [5.74, 6) is -0.439. The van der Waals surface area contributed by atoms with Gasteiger partial charge in [-0.3, -0.25) is 19.5 Å². The van der Waals surface area contributed by atoms with E-state index in [1.54, 1.807) is 18.3 Å². The number of nitrogens with one attached hydrogen (secondary N) is 1. The second-order valence-corrected chi connectivity index (χ2v) is 9.95. The van der Waals surface area contributed by atoms with Gasteiger partial charge in [-0.1, -0.05) is 23.3 Å². The summed E-state index contributed by atoms with van der Waals surface area (Å²) in [5.41, 5.74) is 2.12. The highest BCUT2D eigenvalue weighted by molar-refractivity contribution is 6.07. The quantitative estimate of drug-likeness (QED) is 0.670. The molecule has 0 spiro atoms. The normalized spacial score (nSPS) is 25.3. The predicted octanol–water partition coefficient (Wildman–Crippen LogP) is 3.18. The average molecular weight is 477 g/mol. The van der Waals surface area contributed by atoms with Gasteiger partial charge in [0.1, 0.15) is 0 Å². The first kappa shape index (κ1) is 23.5. The van der Waals surface area contributed by atoms with Crippen molar-refractivity contribution in [3.63, 3.8) is 0 Å². The van der Waals surface area contributed by atoms with E-state index in [1.165, 1.54) is 4.90 Å². The van der Waals surface area contributed by atoms with Crippen LogP contribution in [0.3, 0.4) is 0 Å². The van der Waals surface area contributed by atoms with E-state index in [0.29, 0.717) is 43.8 Å². The summed E-state index contributed by atoms with van der Waals surface area (Å²) in [5, 5.41) is 3.03. The zero-order valence-electron chi connectivity index (χ0n) is 20.3. The van der Waals surface area contributed by atoms with E-state index in [4.69, 9.17) is 4.74 Å². The van der Waals surface area contributed by atoms with Crippen molar-refractivity contribution in [1.82, 2.24) is 20.1 Å². The average Bonchev–Trinajstić information content (AvgIpc) is 3.46. The second-order valence-electron chi connectivity index (χ2n) is 9.95. The largest absolute Gasteiger partial charge is 0.376 e. The molecule has 184 valence electrons. The van der Waals surface area contributed by atoms with Crippen molar-refractivity contribution in [2.45, 2.75) is 51.2 Å². The van der Waals surface area contributed by atoms with Crippen LogP contribution in [-0.2, 0) is 15.1 Å². The summed E-state index contributed by atoms with van der Waals surface area (Å²) in [6, 6.07) is 10.9. The van der Waals surface area contributed by atoms with E-state index < -0.39 is 11.6 Å². The molecule has 4 heterocycles. The summed E-state index contributed by atoms with van der Waals surface area (Å²) < 4.78 is 5.70. The third kappa shape index (κ3) is 4.31. The molecule has 3 saturated heterocycles. The molecule has 3 fully saturated rings. The van der Waals surface area contributed by atoms with Gasteiger partial charge in [0.05, 0.1) is 18.3 Å². The van der Waals surface area contributed by atoms with Crippen LogP contribution in [0.2, 0.25) is 0 Å². The first-order valence-electron chi connectivity index (χ1n) is 12.4. The highest BCUT2D eigenvalue weighted by Gasteiger charge is 2.58. The van der Waals surface area contributed by atoms with Crippen LogP contribution in [-0.4, -0.2) is 65.0 Å². The van der Waals surface area contributed by atoms with Gasteiger partial charge in [0.15, 0.2) is 5.54 Å². The minimum atomic E-state index is -1.23. The number of urea groups is 1. The number of hydrogen-bond donors (Lipinski definition) is 1. The Morgan fingerprint density at radius 2 is 1.86 bits per heavy atom. The lowest BCUT2D eigenvalue weighted by molar-refractivity contribution is -0.135. The van der Waals surface area contributed by atoms with Crippen LogP contribution in [0.25, 0.3) is 0 Å². The molecule has 0 aliphatic carbocycles. The Bertz CT molecular complexity index is 1100. The van der Waals surface area contributed by atoms with Crippen molar-refractivity contribution in [2.75, 3.05) is 26.2 Å². The number of likely N-dealkylation sites (tertiary alicyclic amines) is 1. The Hall–Kier alpha value is -3.26. The number of pyridine rings is 1. The lowest BCUT2D eigenvalue weighted by Crippen LogP contribution is -2.54. The monoisotopic (exact) mass is 476 g/mol. The molecule has 2 atom stereocenters. The van der Waals surface area contributed by atoms with E-state index in [9.17, 15) is 14.4 Å². The van der Waals surface area contributed by atoms with Crippen LogP contribution in [0.5, 0.6) is 0 Å². The molecular weight excluding hydrogens is 444 g/mol. The molecule has 8 nitrogen and oxygen atoms in total. The van der Waals surface area contributed by atoms with E-state index in [-0.39, 0.29) is 30.4 Å². The van der Waals surface area contributed by atoms with Gasteiger partial charge in [-0.2, -0.15) is 0 Å². The first-order chi connectivity index (χ1) is 16.9. The molecule has 35 heavy (non-hydrogen) atoms. The molecule has 1 aromatic carbocycles. The van der Waals surface area contributed by atoms with Gasteiger partial charge in [0.2, 0.25) is 0 Å². The van der Waals surface area contributed by atoms with Crippen molar-refractivity contribution < 1.29 is 19.1 Å². The topological polar surface area (TPSA) is 91.8 Å². The highest BCUT2D eigenvalue weighted by atomic mass is 16.5. The number of benzene rings is 1. The SMILES string of the molecule is Cc1cc(C)cc(C(=O)N2CCC([C@]3(c4ccccn4)NC(=O)N(C[C@@H]4CCCO4)C3=O)CC2)c1. The third-order valence-electron chi connectivity index (χ3n) is 7.47. The molecule has 8 heteroatoms. The number of aryl methyl sites for hydroxylation is 2. The third-order valence-corrected chi connectivity index (χ3v) is 7.47. The Balaban J connectivity index is 1.38. The van der Waals surface area contributed by atoms with Gasteiger partial charge in [-0.05, 0) is 63.8 Å². The molecule has 5 rings (SSSR count). The molecule has 3 aliphatic heterocycles. The summed E-state index contributed by atoms with van der Waals surface area (Å²) in [6.45, 7) is 5.92. The number of carbonyl (C=O) groups is 3. The summed E-state index contributed by atoms with van der Waals surface area (Å²) in [4.78, 5) is 47.8. The fourth-order valence-corrected chi connectivity index (χ4v) is 5.80. The maximum atomic E-state index is 13.9. The van der Waals surface area contributed by atoms with Crippen LogP contribution in [0, 0.1) is 19.8 Å². The molecule has 0 bridgehead atoms. The predicted molar refractivity (Wildman–Crippen MR) is 130 cm³/mol. The van der Waals surface area contributed by atoms with E-state index in [0.717, 1.165) is 24.0 Å². The van der Waals surface area contributed by atoms with Crippen molar-refractivity contribution in [3.8, 4) is 0 Å². The fourth-order valence-electron chi connectivity index (χ4n) is 5.80. The summed E-state index contributed by atoms with van der Waals surface area (Å²) >= 11 is 0. The minimum absolute atomic E-state index is 0.00364. The Kier molecular flexibility index (Phi) is 6.32. The molecule has 3 aliphatic rings. The van der Waals surface area contributed by atoms with Crippen LogP contribution in [0.1, 0.15) is 52.9 Å². The molecule has 0 saturated carbocycles. The fraction of sp³-hybridized carbons (Fsp3) is 0.481. The standard InChI is InChI=1S/C27H32N4O4/c1-18-14-19(2)16-20(15-18)24(32)30-11-8-21(9-12-30)27(23-7-3-4-10-28-23)25(33)31(26(34)29-27)17-22-6-5-13-35-22/h3-4,7,10,14-16,21-22H,5-6,8-9,11-13,17H2,1-2H3,(H,29,34)/t22-,27+/m0/s1. The lowest BCUT2D eigenvalue weighted by Gasteiger charge is -2.40. The number of hydrogen-bond acceptors (Lipinski definition) is 5. The van der Waals surface area contributed by atoms with Gasteiger partial charge in [-0.15, -0.1) is 0 Å². The van der Waals surface area contributed by atoms with Gasteiger partial charge >= 0.3 is 6.03 Å². The molecule has 1 N–H and O–H groups in total. The second kappa shape index (κ2) is 9.41. The molecule has 2 aromatic rings. The zero-order valence-corrected chi connectivity index (χ0v) is 20.3. The van der Waals surface area contributed by atoms with Crippen LogP contribution in [0.4, 0.5) is 4.79 Å². The van der Waals surface area contributed by atoms with Crippen LogP contribution >= 0.6 is 0 Å². The highest BCUT2D eigenvalue weighted by Crippen LogP contribution is 2.41. The first-order valence-corrected chi connectivity index (χ1v) is 12.4. The number of imide groups is 1. The van der Waals surface area contributed by atoms with Crippen molar-refractivity contribution >= 4 is 17.8 Å². The number of nitrogens with zero attached hydrogens (tertiary/aromatic N) is 3. The zero-order chi connectivity index (χ0) is 24.6. The Morgan fingerprint density at radius 3 is 2.49 bits per heavy atom. The molecule has 1 aromatic heterocycles. The van der Waals surface area contributed by atoms with E-state index in [1.807, 2.05) is 36.9 Å². The lowest BCUT2D eigenvalue weighted by atomic mass is 9.75. The minimum Gasteiger partial charge on any atom is -0.376 e. The number of carbonyl (C=O) groups excluding carboxylic acids is 3. The number of ether oxygens (including phenoxy) is 1. The number of aromatic nitrogens is 1. The van der Waals surface area contributed by atoms with Crippen molar-refractivity contribution in [1.29, 1.82) is 0 Å². The molecular formula is C27H32N4O4. The van der Waals surface area contributed by atoms with Gasteiger partial charge in [0, 0.05) is 37.4 Å². The van der Waals surface area contributed by atoms with Gasteiger partial charge in [-0.25, -0.2) is 4.79 Å². The van der Waals surface area contributed by atoms with Crippen molar-refractivity contribution in [2.24, 2.45) is 5.92 Å². The van der Waals surface area contributed by atoms with Gasteiger partial charge < -0.3 is 15.0 Å². The maximum Gasteiger partial charge on any atom is 0.325 e. The van der Waals surface area contributed by atoms with E-state index >= 15 is 0 Å². The molecule has 4 amide bonds. The summed E-state index contributed by atoms with van der Waals surface area (Å²) in [6.07, 6.45) is 4.48. The molecule has 0 radical (unpaired) electrons. The maximum absolute atomic E-state index is 13.9. The smallest absolute Gasteiger partial charge is 0.325 e. The Morgan fingerprint density at radius 1 is 1.11 bits per heavy atom. The summed E-state index contributed by atoms with van der Waals surface area (Å²) in [7, 11) is 0. The van der Waals surface area contributed by atoms with Gasteiger partial charge in [0.25, 0.3) is 11.8 Å². The van der Waals surface area contributed by atoms with Crippen LogP contribution in [0.15, 0.2) is 42.6 Å². The number of piperidine rings is 1. The van der Waals surface area contributed by atoms with Crippen molar-refractivity contribution in [3.05, 3.63) is 65.0 Å². The Labute approximate surface area is 205 Å². The van der Waals surface area contributed by atoms with Crippen LogP contribution < -0.4 is 5.32 Å². The van der Waals surface area contributed by atoms with E-state index in [2.05, 4.69) is 16.4 Å². The number of amides is 4.